The van der Waals surface area contributed by atoms with E-state index >= 15 is 0 Å². The van der Waals surface area contributed by atoms with E-state index < -0.39 is 0 Å². The Morgan fingerprint density at radius 3 is 2.88 bits per heavy atom. The Morgan fingerprint density at radius 1 is 1.56 bits per heavy atom. The second-order valence-electron chi connectivity index (χ2n) is 3.72. The Balaban J connectivity index is 2.68. The van der Waals surface area contributed by atoms with Crippen molar-refractivity contribution in [2.24, 2.45) is 5.73 Å². The standard InChI is InChI=1S/C12H16FNO2/c1-8-3-4-9(13)7-10(8)11(14)5-6-12(15)16-2/h3-4,7,11H,5-6,14H2,1-2H3. The number of carbonyl (C=O) groups is 1. The third-order valence-electron chi connectivity index (χ3n) is 2.53. The molecule has 0 amide bonds. The molecule has 0 saturated carbocycles. The fourth-order valence-corrected chi connectivity index (χ4v) is 1.54. The topological polar surface area (TPSA) is 52.3 Å². The molecule has 3 nitrogen and oxygen atoms in total. The Labute approximate surface area is 94.4 Å². The first-order valence-electron chi connectivity index (χ1n) is 5.13. The van der Waals surface area contributed by atoms with Gasteiger partial charge in [-0.05, 0) is 36.6 Å². The first kappa shape index (κ1) is 12.6. The molecule has 0 aliphatic carbocycles. The van der Waals surface area contributed by atoms with Crippen LogP contribution in [0.15, 0.2) is 18.2 Å². The van der Waals surface area contributed by atoms with Gasteiger partial charge in [0.05, 0.1) is 7.11 Å². The fraction of sp³-hybridized carbons (Fsp3) is 0.417. The van der Waals surface area contributed by atoms with Crippen LogP contribution in [0.4, 0.5) is 4.39 Å². The van der Waals surface area contributed by atoms with Gasteiger partial charge in [-0.1, -0.05) is 6.07 Å². The highest BCUT2D eigenvalue weighted by atomic mass is 19.1. The van der Waals surface area contributed by atoms with Crippen LogP contribution in [0.1, 0.15) is 30.0 Å². The Kier molecular flexibility index (Phi) is 4.43. The van der Waals surface area contributed by atoms with E-state index in [1.165, 1.54) is 19.2 Å². The number of aryl methyl sites for hydroxylation is 1. The maximum atomic E-state index is 13.0. The van der Waals surface area contributed by atoms with Crippen LogP contribution < -0.4 is 5.73 Å². The number of nitrogens with two attached hydrogens (primary N) is 1. The van der Waals surface area contributed by atoms with Crippen molar-refractivity contribution in [1.29, 1.82) is 0 Å². The molecule has 2 N–H and O–H groups in total. The van der Waals surface area contributed by atoms with Crippen molar-refractivity contribution in [3.8, 4) is 0 Å². The molecule has 0 aliphatic heterocycles. The normalized spacial score (nSPS) is 12.2. The van der Waals surface area contributed by atoms with Crippen LogP contribution in [-0.4, -0.2) is 13.1 Å². The van der Waals surface area contributed by atoms with Gasteiger partial charge in [0.15, 0.2) is 0 Å². The van der Waals surface area contributed by atoms with Crippen LogP contribution >= 0.6 is 0 Å². The molecule has 0 aromatic heterocycles. The Morgan fingerprint density at radius 2 is 2.25 bits per heavy atom. The number of carbonyl (C=O) groups excluding carboxylic acids is 1. The van der Waals surface area contributed by atoms with Crippen molar-refractivity contribution in [1.82, 2.24) is 0 Å². The summed E-state index contributed by atoms with van der Waals surface area (Å²) in [7, 11) is 1.33. The van der Waals surface area contributed by atoms with E-state index in [0.29, 0.717) is 6.42 Å². The van der Waals surface area contributed by atoms with Gasteiger partial charge in [-0.25, -0.2) is 4.39 Å². The summed E-state index contributed by atoms with van der Waals surface area (Å²) in [6.45, 7) is 1.87. The minimum Gasteiger partial charge on any atom is -0.469 e. The highest BCUT2D eigenvalue weighted by molar-refractivity contribution is 5.69. The summed E-state index contributed by atoms with van der Waals surface area (Å²) in [6, 6.07) is 4.15. The lowest BCUT2D eigenvalue weighted by Gasteiger charge is -2.14. The zero-order valence-electron chi connectivity index (χ0n) is 9.50. The number of benzene rings is 1. The van der Waals surface area contributed by atoms with Crippen molar-refractivity contribution in [3.05, 3.63) is 35.1 Å². The van der Waals surface area contributed by atoms with Gasteiger partial charge in [0, 0.05) is 12.5 Å². The molecule has 1 aromatic carbocycles. The molecule has 0 bridgehead atoms. The average Bonchev–Trinajstić information content (AvgIpc) is 2.28. The molecule has 1 aromatic rings. The lowest BCUT2D eigenvalue weighted by Crippen LogP contribution is -2.14. The summed E-state index contributed by atoms with van der Waals surface area (Å²) in [4.78, 5) is 10.9. The van der Waals surface area contributed by atoms with Gasteiger partial charge in [0.1, 0.15) is 5.82 Å². The SMILES string of the molecule is COC(=O)CCC(N)c1cc(F)ccc1C. The molecule has 16 heavy (non-hydrogen) atoms. The second kappa shape index (κ2) is 5.61. The molecule has 4 heteroatoms. The quantitative estimate of drug-likeness (QED) is 0.798. The third kappa shape index (κ3) is 3.31. The smallest absolute Gasteiger partial charge is 0.305 e. The van der Waals surface area contributed by atoms with Crippen molar-refractivity contribution >= 4 is 5.97 Å². The molecule has 0 heterocycles. The van der Waals surface area contributed by atoms with Crippen molar-refractivity contribution in [2.75, 3.05) is 7.11 Å². The predicted molar refractivity (Wildman–Crippen MR) is 59.3 cm³/mol. The van der Waals surface area contributed by atoms with Gasteiger partial charge in [-0.15, -0.1) is 0 Å². The van der Waals surface area contributed by atoms with E-state index in [-0.39, 0.29) is 24.2 Å². The number of ether oxygens (including phenoxy) is 1. The molecule has 88 valence electrons. The highest BCUT2D eigenvalue weighted by Gasteiger charge is 2.12. The molecule has 1 atom stereocenters. The zero-order chi connectivity index (χ0) is 12.1. The van der Waals surface area contributed by atoms with Crippen molar-refractivity contribution in [3.63, 3.8) is 0 Å². The summed E-state index contributed by atoms with van der Waals surface area (Å²) in [6.07, 6.45) is 0.699. The van der Waals surface area contributed by atoms with Gasteiger partial charge >= 0.3 is 5.97 Å². The molecule has 1 rings (SSSR count). The lowest BCUT2D eigenvalue weighted by atomic mass is 9.98. The van der Waals surface area contributed by atoms with Gasteiger partial charge in [0.25, 0.3) is 0 Å². The van der Waals surface area contributed by atoms with Crippen LogP contribution in [0, 0.1) is 12.7 Å². The van der Waals surface area contributed by atoms with Crippen LogP contribution in [0.5, 0.6) is 0 Å². The Hall–Kier alpha value is -1.42. The maximum Gasteiger partial charge on any atom is 0.305 e. The van der Waals surface area contributed by atoms with Crippen LogP contribution in [-0.2, 0) is 9.53 Å². The summed E-state index contributed by atoms with van der Waals surface area (Å²) in [5, 5.41) is 0. The van der Waals surface area contributed by atoms with E-state index in [1.807, 2.05) is 6.92 Å². The van der Waals surface area contributed by atoms with Crippen LogP contribution in [0.25, 0.3) is 0 Å². The zero-order valence-corrected chi connectivity index (χ0v) is 9.50. The number of rotatable bonds is 4. The van der Waals surface area contributed by atoms with Gasteiger partial charge in [0.2, 0.25) is 0 Å². The second-order valence-corrected chi connectivity index (χ2v) is 3.72. The van der Waals surface area contributed by atoms with Gasteiger partial charge in [-0.2, -0.15) is 0 Å². The fourth-order valence-electron chi connectivity index (χ4n) is 1.54. The number of methoxy groups -OCH3 is 1. The number of halogens is 1. The Bertz CT molecular complexity index is 379. The number of hydrogen-bond acceptors (Lipinski definition) is 3. The lowest BCUT2D eigenvalue weighted by molar-refractivity contribution is -0.140. The number of hydrogen-bond donors (Lipinski definition) is 1. The minimum absolute atomic E-state index is 0.244. The molecule has 0 saturated heterocycles. The minimum atomic E-state index is -0.338. The summed E-state index contributed by atoms with van der Waals surface area (Å²) in [5.41, 5.74) is 7.56. The van der Waals surface area contributed by atoms with E-state index in [1.54, 1.807) is 6.07 Å². The van der Waals surface area contributed by atoms with Crippen molar-refractivity contribution in [2.45, 2.75) is 25.8 Å². The highest BCUT2D eigenvalue weighted by Crippen LogP contribution is 2.20. The largest absolute Gasteiger partial charge is 0.469 e. The number of esters is 1. The average molecular weight is 225 g/mol. The molecule has 0 fully saturated rings. The summed E-state index contributed by atoms with van der Waals surface area (Å²) < 4.78 is 17.5. The first-order chi connectivity index (χ1) is 7.54. The molecule has 0 aliphatic rings. The van der Waals surface area contributed by atoms with E-state index in [4.69, 9.17) is 5.73 Å². The third-order valence-corrected chi connectivity index (χ3v) is 2.53. The molecular weight excluding hydrogens is 209 g/mol. The predicted octanol–water partition coefficient (Wildman–Crippen LogP) is 2.09. The summed E-state index contributed by atoms with van der Waals surface area (Å²) in [5.74, 6) is -0.612. The van der Waals surface area contributed by atoms with E-state index in [0.717, 1.165) is 11.1 Å². The molecule has 0 spiro atoms. The molecule has 0 radical (unpaired) electrons. The molecular formula is C12H16FNO2. The van der Waals surface area contributed by atoms with Gasteiger partial charge < -0.3 is 10.5 Å². The van der Waals surface area contributed by atoms with Crippen LogP contribution in [0.2, 0.25) is 0 Å². The monoisotopic (exact) mass is 225 g/mol. The first-order valence-corrected chi connectivity index (χ1v) is 5.13. The van der Waals surface area contributed by atoms with Crippen molar-refractivity contribution < 1.29 is 13.9 Å². The summed E-state index contributed by atoms with van der Waals surface area (Å²) >= 11 is 0. The van der Waals surface area contributed by atoms with E-state index in [2.05, 4.69) is 4.74 Å². The maximum absolute atomic E-state index is 13.0. The van der Waals surface area contributed by atoms with Gasteiger partial charge in [-0.3, -0.25) is 4.79 Å². The van der Waals surface area contributed by atoms with Crippen LogP contribution in [0.3, 0.4) is 0 Å². The molecule has 1 unspecified atom stereocenters. The van der Waals surface area contributed by atoms with E-state index in [9.17, 15) is 9.18 Å².